The molecule has 7 nitrogen and oxygen atoms in total. The standard InChI is InChI=1S/C4H4N2O5S/c7-2-6-1-3-5-4(6)11-12(8,9)10-3/h1,7H,2H2. The molecule has 8 heteroatoms. The maximum atomic E-state index is 10.7. The van der Waals surface area contributed by atoms with Crippen LogP contribution in [0.2, 0.25) is 0 Å². The molecule has 0 radical (unpaired) electrons. The summed E-state index contributed by atoms with van der Waals surface area (Å²) >= 11 is 0. The van der Waals surface area contributed by atoms with Gasteiger partial charge < -0.3 is 13.5 Å². The number of aromatic nitrogens is 2. The van der Waals surface area contributed by atoms with Gasteiger partial charge in [-0.1, -0.05) is 0 Å². The molecule has 1 aliphatic heterocycles. The van der Waals surface area contributed by atoms with Gasteiger partial charge in [-0.15, -0.1) is 8.42 Å². The summed E-state index contributed by atoms with van der Waals surface area (Å²) in [4.78, 5) is 3.56. The predicted molar refractivity (Wildman–Crippen MR) is 34.6 cm³/mol. The number of aliphatic hydroxyl groups excluding tert-OH is 1. The number of rotatable bonds is 1. The van der Waals surface area contributed by atoms with Gasteiger partial charge in [-0.2, -0.15) is 4.98 Å². The quantitative estimate of drug-likeness (QED) is 0.604. The van der Waals surface area contributed by atoms with Gasteiger partial charge in [0.15, 0.2) is 0 Å². The van der Waals surface area contributed by atoms with Crippen LogP contribution in [0, 0.1) is 0 Å². The molecule has 0 saturated carbocycles. The number of hydrogen-bond donors (Lipinski definition) is 1. The highest BCUT2D eigenvalue weighted by Crippen LogP contribution is 2.24. The molecular weight excluding hydrogens is 188 g/mol. The van der Waals surface area contributed by atoms with Gasteiger partial charge in [0.05, 0.1) is 6.20 Å². The Hall–Kier alpha value is -1.28. The highest BCUT2D eigenvalue weighted by atomic mass is 32.3. The molecule has 0 spiro atoms. The first kappa shape index (κ1) is 7.37. The maximum Gasteiger partial charge on any atom is 0.505 e. The van der Waals surface area contributed by atoms with Crippen molar-refractivity contribution in [2.75, 3.05) is 0 Å². The Morgan fingerprint density at radius 2 is 2.33 bits per heavy atom. The fraction of sp³-hybridized carbons (Fsp3) is 0.250. The van der Waals surface area contributed by atoms with E-state index in [1.165, 1.54) is 6.20 Å². The lowest BCUT2D eigenvalue weighted by Crippen LogP contribution is -2.20. The average Bonchev–Trinajstić information content (AvgIpc) is 2.24. The summed E-state index contributed by atoms with van der Waals surface area (Å²) in [6.07, 6.45) is 1.22. The van der Waals surface area contributed by atoms with Gasteiger partial charge in [-0.05, 0) is 0 Å². The molecule has 1 aliphatic rings. The second-order valence-electron chi connectivity index (χ2n) is 2.05. The molecule has 2 rings (SSSR count). The molecule has 0 unspecified atom stereocenters. The topological polar surface area (TPSA) is 90.7 Å². The maximum absolute atomic E-state index is 10.7. The first-order valence-corrected chi connectivity index (χ1v) is 4.26. The Morgan fingerprint density at radius 1 is 1.58 bits per heavy atom. The Labute approximate surface area is 67.5 Å². The van der Waals surface area contributed by atoms with Crippen LogP contribution in [0.15, 0.2) is 6.20 Å². The molecule has 0 atom stereocenters. The number of aliphatic hydroxyl groups is 1. The Balaban J connectivity index is 2.52. The van der Waals surface area contributed by atoms with E-state index in [0.717, 1.165) is 4.57 Å². The molecule has 0 fully saturated rings. The van der Waals surface area contributed by atoms with Crippen molar-refractivity contribution in [1.29, 1.82) is 0 Å². The van der Waals surface area contributed by atoms with Crippen molar-refractivity contribution in [1.82, 2.24) is 9.55 Å². The summed E-state index contributed by atoms with van der Waals surface area (Å²) in [5.74, 6) is -0.106. The molecule has 0 saturated heterocycles. The second-order valence-corrected chi connectivity index (χ2v) is 3.20. The zero-order valence-corrected chi connectivity index (χ0v) is 6.48. The number of fused-ring (bicyclic) bond motifs is 2. The molecule has 0 amide bonds. The molecule has 0 aliphatic carbocycles. The van der Waals surface area contributed by atoms with E-state index in [-0.39, 0.29) is 11.9 Å². The highest BCUT2D eigenvalue weighted by molar-refractivity contribution is 7.82. The van der Waals surface area contributed by atoms with Gasteiger partial charge in [-0.3, -0.25) is 4.57 Å². The Kier molecular flexibility index (Phi) is 1.30. The fourth-order valence-electron chi connectivity index (χ4n) is 0.797. The number of nitrogens with zero attached hydrogens (tertiary/aromatic N) is 2. The SMILES string of the molecule is O=S1(=O)Oc2cn(CO)c(n2)O1. The van der Waals surface area contributed by atoms with Crippen LogP contribution in [0.4, 0.5) is 0 Å². The van der Waals surface area contributed by atoms with E-state index in [9.17, 15) is 8.42 Å². The molecule has 66 valence electrons. The van der Waals surface area contributed by atoms with E-state index in [1.54, 1.807) is 0 Å². The van der Waals surface area contributed by atoms with E-state index >= 15 is 0 Å². The summed E-state index contributed by atoms with van der Waals surface area (Å²) in [6, 6.07) is -0.196. The second kappa shape index (κ2) is 2.11. The van der Waals surface area contributed by atoms with Crippen molar-refractivity contribution < 1.29 is 21.9 Å². The van der Waals surface area contributed by atoms with Gasteiger partial charge in [0.25, 0.3) is 5.88 Å². The first-order valence-electron chi connectivity index (χ1n) is 2.93. The lowest BCUT2D eigenvalue weighted by Gasteiger charge is -2.06. The van der Waals surface area contributed by atoms with Crippen molar-refractivity contribution in [3.8, 4) is 11.9 Å². The van der Waals surface area contributed by atoms with Crippen LogP contribution in [-0.4, -0.2) is 23.1 Å². The summed E-state index contributed by atoms with van der Waals surface area (Å²) in [7, 11) is -4.01. The molecule has 2 bridgehead atoms. The van der Waals surface area contributed by atoms with Crippen molar-refractivity contribution in [2.45, 2.75) is 6.73 Å². The van der Waals surface area contributed by atoms with Gasteiger partial charge >= 0.3 is 16.4 Å². The third-order valence-electron chi connectivity index (χ3n) is 1.23. The van der Waals surface area contributed by atoms with Gasteiger partial charge in [0.2, 0.25) is 0 Å². The Bertz CT molecular complexity index is 407. The molecule has 1 aromatic rings. The Morgan fingerprint density at radius 3 is 3.00 bits per heavy atom. The lowest BCUT2D eigenvalue weighted by atomic mass is 10.8. The van der Waals surface area contributed by atoms with Crippen LogP contribution in [0.1, 0.15) is 0 Å². The minimum atomic E-state index is -4.01. The fourth-order valence-corrected chi connectivity index (χ4v) is 1.44. The van der Waals surface area contributed by atoms with Crippen LogP contribution >= 0.6 is 0 Å². The highest BCUT2D eigenvalue weighted by Gasteiger charge is 2.28. The molecule has 1 N–H and O–H groups in total. The summed E-state index contributed by atoms with van der Waals surface area (Å²) < 4.78 is 31.0. The van der Waals surface area contributed by atoms with E-state index in [2.05, 4.69) is 13.4 Å². The van der Waals surface area contributed by atoms with E-state index < -0.39 is 17.1 Å². The van der Waals surface area contributed by atoms with Crippen LogP contribution in [0.5, 0.6) is 11.9 Å². The van der Waals surface area contributed by atoms with Gasteiger partial charge in [-0.25, -0.2) is 0 Å². The first-order chi connectivity index (χ1) is 5.61. The molecular formula is C4H4N2O5S. The largest absolute Gasteiger partial charge is 0.505 e. The third kappa shape index (κ3) is 1.01. The van der Waals surface area contributed by atoms with E-state index in [4.69, 9.17) is 5.11 Å². The minimum absolute atomic E-state index is 0.106. The molecule has 0 aromatic carbocycles. The predicted octanol–water partition coefficient (Wildman–Crippen LogP) is -1.15. The monoisotopic (exact) mass is 192 g/mol. The zero-order chi connectivity index (χ0) is 8.77. The van der Waals surface area contributed by atoms with Crippen molar-refractivity contribution >= 4 is 10.4 Å². The molecule has 1 aromatic heterocycles. The zero-order valence-electron chi connectivity index (χ0n) is 5.67. The summed E-state index contributed by atoms with van der Waals surface area (Å²) in [5, 5.41) is 8.65. The van der Waals surface area contributed by atoms with Gasteiger partial charge in [0.1, 0.15) is 6.73 Å². The van der Waals surface area contributed by atoms with Crippen LogP contribution in [-0.2, 0) is 17.1 Å². The van der Waals surface area contributed by atoms with E-state index in [1.807, 2.05) is 0 Å². The van der Waals surface area contributed by atoms with Crippen molar-refractivity contribution in [3.63, 3.8) is 0 Å². The van der Waals surface area contributed by atoms with Crippen LogP contribution in [0.25, 0.3) is 0 Å². The van der Waals surface area contributed by atoms with Crippen molar-refractivity contribution in [2.24, 2.45) is 0 Å². The number of imidazole rings is 1. The summed E-state index contributed by atoms with van der Waals surface area (Å²) in [6.45, 7) is -0.415. The van der Waals surface area contributed by atoms with Crippen LogP contribution in [0.3, 0.4) is 0 Å². The smallest absolute Gasteiger partial charge is 0.376 e. The van der Waals surface area contributed by atoms with E-state index in [0.29, 0.717) is 0 Å². The van der Waals surface area contributed by atoms with Gasteiger partial charge in [0, 0.05) is 0 Å². The molecule has 2 heterocycles. The average molecular weight is 192 g/mol. The minimum Gasteiger partial charge on any atom is -0.376 e. The molecule has 12 heavy (non-hydrogen) atoms. The summed E-state index contributed by atoms with van der Waals surface area (Å²) in [5.41, 5.74) is 0. The normalized spacial score (nSPS) is 18.1. The lowest BCUT2D eigenvalue weighted by molar-refractivity contribution is 0.200. The van der Waals surface area contributed by atoms with Crippen LogP contribution < -0.4 is 8.37 Å². The number of hydrogen-bond acceptors (Lipinski definition) is 6. The van der Waals surface area contributed by atoms with Crippen molar-refractivity contribution in [3.05, 3.63) is 6.20 Å². The third-order valence-corrected chi connectivity index (χ3v) is 1.96.